The Kier molecular flexibility index (Phi) is 4.97. The molecule has 3 aromatic rings. The lowest BCUT2D eigenvalue weighted by Crippen LogP contribution is -2.32. The Morgan fingerprint density at radius 2 is 1.96 bits per heavy atom. The van der Waals surface area contributed by atoms with Gasteiger partial charge in [0, 0.05) is 18.0 Å². The lowest BCUT2D eigenvalue weighted by atomic mass is 10.2. The Labute approximate surface area is 162 Å². The van der Waals surface area contributed by atoms with E-state index >= 15 is 0 Å². The molecule has 0 radical (unpaired) electrons. The second-order valence-corrected chi connectivity index (χ2v) is 6.80. The van der Waals surface area contributed by atoms with Crippen LogP contribution in [0, 0.1) is 0 Å². The van der Waals surface area contributed by atoms with E-state index in [-0.39, 0.29) is 11.6 Å². The normalized spacial score (nSPS) is 13.3. The molecule has 0 spiro atoms. The average molecular weight is 378 g/mol. The van der Waals surface area contributed by atoms with E-state index in [2.05, 4.69) is 10.4 Å². The third kappa shape index (κ3) is 3.69. The van der Waals surface area contributed by atoms with E-state index in [0.717, 1.165) is 24.4 Å². The highest BCUT2D eigenvalue weighted by molar-refractivity contribution is 5.94. The molecular formula is C21H22N4O3. The molecule has 1 aliphatic rings. The number of carbonyl (C=O) groups is 1. The molecule has 0 atom stereocenters. The van der Waals surface area contributed by atoms with E-state index in [0.29, 0.717) is 30.3 Å². The molecule has 1 fully saturated rings. The predicted molar refractivity (Wildman–Crippen MR) is 105 cm³/mol. The van der Waals surface area contributed by atoms with Crippen molar-refractivity contribution in [1.82, 2.24) is 19.7 Å². The molecule has 0 saturated heterocycles. The van der Waals surface area contributed by atoms with Gasteiger partial charge in [-0.2, -0.15) is 5.10 Å². The van der Waals surface area contributed by atoms with Crippen LogP contribution in [0.1, 0.15) is 34.9 Å². The Balaban J connectivity index is 1.48. The van der Waals surface area contributed by atoms with Crippen molar-refractivity contribution in [2.45, 2.75) is 25.3 Å². The minimum Gasteiger partial charge on any atom is -0.497 e. The van der Waals surface area contributed by atoms with Crippen LogP contribution < -0.4 is 15.7 Å². The molecule has 144 valence electrons. The van der Waals surface area contributed by atoms with Gasteiger partial charge in [0.05, 0.1) is 19.3 Å². The number of carbonyl (C=O) groups excluding carboxylic acids is 1. The number of hydrogen-bond acceptors (Lipinski definition) is 4. The predicted octanol–water partition coefficient (Wildman–Crippen LogP) is 2.35. The summed E-state index contributed by atoms with van der Waals surface area (Å²) in [4.78, 5) is 25.2. The molecular weight excluding hydrogens is 356 g/mol. The van der Waals surface area contributed by atoms with Crippen molar-refractivity contribution in [3.05, 3.63) is 76.5 Å². The molecule has 1 amide bonds. The number of rotatable bonds is 7. The van der Waals surface area contributed by atoms with Crippen molar-refractivity contribution in [2.75, 3.05) is 13.7 Å². The number of amides is 1. The molecule has 1 N–H and O–H groups in total. The number of benzene rings is 2. The molecule has 2 aromatic carbocycles. The van der Waals surface area contributed by atoms with Gasteiger partial charge in [-0.3, -0.25) is 4.79 Å². The summed E-state index contributed by atoms with van der Waals surface area (Å²) in [5, 5.41) is 7.38. The second-order valence-electron chi connectivity index (χ2n) is 6.80. The summed E-state index contributed by atoms with van der Waals surface area (Å²) in [7, 11) is 1.56. The molecule has 1 saturated carbocycles. The largest absolute Gasteiger partial charge is 0.497 e. The molecule has 0 bridgehead atoms. The summed E-state index contributed by atoms with van der Waals surface area (Å²) in [6.45, 7) is 0.625. The Morgan fingerprint density at radius 3 is 2.68 bits per heavy atom. The fourth-order valence-corrected chi connectivity index (χ4v) is 3.14. The number of aromatic nitrogens is 3. The third-order valence-electron chi connectivity index (χ3n) is 4.76. The fraction of sp³-hybridized carbons (Fsp3) is 0.286. The zero-order chi connectivity index (χ0) is 19.5. The molecule has 0 unspecified atom stereocenters. The van der Waals surface area contributed by atoms with Crippen LogP contribution in [0.3, 0.4) is 0 Å². The van der Waals surface area contributed by atoms with Crippen LogP contribution in [0.25, 0.3) is 5.69 Å². The Bertz CT molecular complexity index is 1040. The van der Waals surface area contributed by atoms with Gasteiger partial charge in [0.1, 0.15) is 11.6 Å². The van der Waals surface area contributed by atoms with Crippen LogP contribution in [0.15, 0.2) is 59.4 Å². The van der Waals surface area contributed by atoms with Gasteiger partial charge in [0.15, 0.2) is 0 Å². The maximum absolute atomic E-state index is 12.9. The summed E-state index contributed by atoms with van der Waals surface area (Å²) in [6.07, 6.45) is 2.10. The molecule has 0 aliphatic heterocycles. The van der Waals surface area contributed by atoms with Crippen LogP contribution in [0.2, 0.25) is 0 Å². The van der Waals surface area contributed by atoms with Gasteiger partial charge < -0.3 is 10.1 Å². The minimum absolute atomic E-state index is 0.177. The van der Waals surface area contributed by atoms with Crippen LogP contribution in [0.5, 0.6) is 5.75 Å². The van der Waals surface area contributed by atoms with Crippen LogP contribution >= 0.6 is 0 Å². The lowest BCUT2D eigenvalue weighted by molar-refractivity contribution is 0.0951. The van der Waals surface area contributed by atoms with Gasteiger partial charge >= 0.3 is 5.69 Å². The first-order chi connectivity index (χ1) is 13.7. The van der Waals surface area contributed by atoms with Gasteiger partial charge in [0.2, 0.25) is 0 Å². The quantitative estimate of drug-likeness (QED) is 0.685. The smallest absolute Gasteiger partial charge is 0.350 e. The summed E-state index contributed by atoms with van der Waals surface area (Å²) < 4.78 is 8.26. The van der Waals surface area contributed by atoms with E-state index < -0.39 is 0 Å². The molecule has 1 aromatic heterocycles. The van der Waals surface area contributed by atoms with Gasteiger partial charge in [-0.05, 0) is 43.2 Å². The molecule has 1 aliphatic carbocycles. The maximum atomic E-state index is 12.9. The first kappa shape index (κ1) is 18.0. The third-order valence-corrected chi connectivity index (χ3v) is 4.76. The summed E-state index contributed by atoms with van der Waals surface area (Å²) in [6, 6.07) is 16.5. The van der Waals surface area contributed by atoms with Crippen LogP contribution in [0.4, 0.5) is 0 Å². The maximum Gasteiger partial charge on any atom is 0.350 e. The highest BCUT2D eigenvalue weighted by Crippen LogP contribution is 2.39. The van der Waals surface area contributed by atoms with Crippen molar-refractivity contribution in [3.8, 4) is 11.4 Å². The van der Waals surface area contributed by atoms with Gasteiger partial charge in [-0.15, -0.1) is 0 Å². The SMILES string of the molecule is COc1cccc(C(=O)NCCn2nc(C3CC3)n(-c3ccccc3)c2=O)c1. The zero-order valence-corrected chi connectivity index (χ0v) is 15.7. The van der Waals surface area contributed by atoms with Gasteiger partial charge in [-0.1, -0.05) is 24.3 Å². The van der Waals surface area contributed by atoms with Crippen molar-refractivity contribution < 1.29 is 9.53 Å². The average Bonchev–Trinajstić information content (AvgIpc) is 3.53. The van der Waals surface area contributed by atoms with Crippen molar-refractivity contribution in [1.29, 1.82) is 0 Å². The number of nitrogens with one attached hydrogen (secondary N) is 1. The van der Waals surface area contributed by atoms with E-state index in [1.807, 2.05) is 30.3 Å². The van der Waals surface area contributed by atoms with E-state index in [1.165, 1.54) is 4.68 Å². The number of para-hydroxylation sites is 1. The molecule has 7 nitrogen and oxygen atoms in total. The topological polar surface area (TPSA) is 78.2 Å². The molecule has 4 rings (SSSR count). The highest BCUT2D eigenvalue weighted by Gasteiger charge is 2.31. The van der Waals surface area contributed by atoms with Gasteiger partial charge in [-0.25, -0.2) is 14.0 Å². The van der Waals surface area contributed by atoms with Crippen molar-refractivity contribution in [3.63, 3.8) is 0 Å². The monoisotopic (exact) mass is 378 g/mol. The summed E-state index contributed by atoms with van der Waals surface area (Å²) in [5.41, 5.74) is 1.16. The number of methoxy groups -OCH3 is 1. The second kappa shape index (κ2) is 7.72. The molecule has 28 heavy (non-hydrogen) atoms. The van der Waals surface area contributed by atoms with E-state index in [4.69, 9.17) is 4.74 Å². The minimum atomic E-state index is -0.211. The lowest BCUT2D eigenvalue weighted by Gasteiger charge is -2.06. The van der Waals surface area contributed by atoms with Crippen LogP contribution in [-0.2, 0) is 6.54 Å². The highest BCUT2D eigenvalue weighted by atomic mass is 16.5. The van der Waals surface area contributed by atoms with E-state index in [9.17, 15) is 9.59 Å². The first-order valence-electron chi connectivity index (χ1n) is 9.35. The molecule has 1 heterocycles. The van der Waals surface area contributed by atoms with Crippen LogP contribution in [-0.4, -0.2) is 33.9 Å². The number of hydrogen-bond donors (Lipinski definition) is 1. The van der Waals surface area contributed by atoms with E-state index in [1.54, 1.807) is 35.9 Å². The van der Waals surface area contributed by atoms with Crippen molar-refractivity contribution in [2.24, 2.45) is 0 Å². The fourth-order valence-electron chi connectivity index (χ4n) is 3.14. The van der Waals surface area contributed by atoms with Crippen molar-refractivity contribution >= 4 is 5.91 Å². The number of ether oxygens (including phenoxy) is 1. The number of nitrogens with zero attached hydrogens (tertiary/aromatic N) is 3. The summed E-state index contributed by atoms with van der Waals surface area (Å²) in [5.74, 6) is 1.55. The summed E-state index contributed by atoms with van der Waals surface area (Å²) >= 11 is 0. The Morgan fingerprint density at radius 1 is 1.18 bits per heavy atom. The standard InChI is InChI=1S/C21H22N4O3/c1-28-18-9-5-6-16(14-18)20(26)22-12-13-24-21(27)25(17-7-3-2-4-8-17)19(23-24)15-10-11-15/h2-9,14-15H,10-13H2,1H3,(H,22,26). The molecule has 7 heteroatoms. The first-order valence-corrected chi connectivity index (χ1v) is 9.35. The zero-order valence-electron chi connectivity index (χ0n) is 15.7. The Hall–Kier alpha value is -3.35. The van der Waals surface area contributed by atoms with Gasteiger partial charge in [0.25, 0.3) is 5.91 Å².